The van der Waals surface area contributed by atoms with Crippen molar-refractivity contribution in [2.45, 2.75) is 254 Å². The highest BCUT2D eigenvalue weighted by Crippen LogP contribution is 2.39. The summed E-state index contributed by atoms with van der Waals surface area (Å²) in [6.45, 7) is 5.09. The van der Waals surface area contributed by atoms with Crippen molar-refractivity contribution in [2.75, 3.05) is 58.8 Å². The normalized spacial score (nSPS) is 25.4. The Morgan fingerprint density at radius 1 is 0.511 bits per heavy atom. The van der Waals surface area contributed by atoms with Gasteiger partial charge in [0.1, 0.15) is 90.3 Å². The molecule has 15 atom stereocenters. The molecule has 6 heterocycles. The van der Waals surface area contributed by atoms with Crippen molar-refractivity contribution in [1.82, 2.24) is 97.6 Å². The molecule has 0 spiro atoms. The van der Waals surface area contributed by atoms with Gasteiger partial charge >= 0.3 is 11.9 Å². The number of para-hydroxylation sites is 2. The number of aromatic amines is 3. The second kappa shape index (κ2) is 50.4. The van der Waals surface area contributed by atoms with Crippen molar-refractivity contribution in [3.63, 3.8) is 0 Å². The number of hydrogen-bond donors (Lipinski definition) is 18. The summed E-state index contributed by atoms with van der Waals surface area (Å²) >= 11 is 0.773. The minimum Gasteiger partial charge on any atom is -0.508 e. The third-order valence-corrected chi connectivity index (χ3v) is 27.0. The molecule has 1 saturated carbocycles. The van der Waals surface area contributed by atoms with Gasteiger partial charge in [-0.25, -0.2) is 4.98 Å². The van der Waals surface area contributed by atoms with Crippen molar-refractivity contribution < 1.29 is 102 Å². The SMILES string of the molecule is CCCC[C@H]1C(=O)N(C)[C@@H](CCCC)C(=O)N[C@@H](C)C(=O)N[C@H](C(=O)NCC(N)=O)CSCC(=O)N[C@@H](Cc2ccc(O)cc2)C(=O)N(C)[C@@H](C)C(=O)N[C@@H](CC(=O)O)C(=O)N2CCC[C@H]2C(=O)N[C@@H](Cc2c[nH]cn2)C(=O)N[C@@H](CCC(=O)O)C(=O)N2C[C@H](C3CCCCC3)C[C@H]2C(=O)N[C@@H](Cc2c[nH]c3ccccc23)C(=O)N[C@@H](CCN)C(=O)N[C@@H](Cc2c[nH]c3ccccc23)C(=O)N1C. The summed E-state index contributed by atoms with van der Waals surface area (Å²) in [6.07, 6.45) is 8.34. The number of rotatable bonds is 25. The fraction of sp³-hybridized carbons (Fsp3) is 0.543. The molecule has 742 valence electrons. The van der Waals surface area contributed by atoms with Crippen LogP contribution in [0.4, 0.5) is 0 Å². The number of likely N-dealkylation sites (N-methyl/N-ethyl adjacent to an activating group) is 3. The molecule has 0 radical (unpaired) electrons. The molecule has 3 aliphatic heterocycles. The molecule has 0 unspecified atom stereocenters. The number of carboxylic acid groups (broad SMARTS) is 2. The van der Waals surface area contributed by atoms with Gasteiger partial charge in [-0.2, -0.15) is 0 Å². The first-order valence-electron chi connectivity index (χ1n) is 46.7. The van der Waals surface area contributed by atoms with E-state index in [1.165, 1.54) is 86.5 Å². The molecular formula is C94H129N21O21S. The van der Waals surface area contributed by atoms with Gasteiger partial charge in [-0.3, -0.25) is 86.3 Å². The van der Waals surface area contributed by atoms with Crippen LogP contribution in [-0.2, 0) is 112 Å². The number of imidazole rings is 1. The van der Waals surface area contributed by atoms with Crippen LogP contribution in [-0.4, -0.2) is 310 Å². The van der Waals surface area contributed by atoms with E-state index in [0.717, 1.165) is 53.7 Å². The molecule has 20 N–H and O–H groups in total. The van der Waals surface area contributed by atoms with Crippen LogP contribution in [0.2, 0.25) is 0 Å². The third-order valence-electron chi connectivity index (χ3n) is 26.0. The van der Waals surface area contributed by atoms with E-state index < -0.39 is 228 Å². The summed E-state index contributed by atoms with van der Waals surface area (Å²) < 4.78 is 0. The zero-order valence-corrected chi connectivity index (χ0v) is 79.0. The molecule has 43 heteroatoms. The lowest BCUT2D eigenvalue weighted by atomic mass is 9.79. The Morgan fingerprint density at radius 2 is 1.07 bits per heavy atom. The number of thioether (sulfide) groups is 1. The number of carbonyl (C=O) groups is 18. The number of nitrogens with zero attached hydrogens (tertiary/aromatic N) is 6. The molecule has 137 heavy (non-hydrogen) atoms. The number of H-pyrrole nitrogens is 3. The lowest BCUT2D eigenvalue weighted by molar-refractivity contribution is -0.149. The fourth-order valence-corrected chi connectivity index (χ4v) is 19.0. The molecule has 3 aromatic heterocycles. The molecule has 4 fully saturated rings. The van der Waals surface area contributed by atoms with E-state index >= 15 is 33.6 Å². The Hall–Kier alpha value is -13.5. The van der Waals surface area contributed by atoms with Crippen molar-refractivity contribution in [2.24, 2.45) is 23.3 Å². The zero-order valence-electron chi connectivity index (χ0n) is 78.2. The lowest BCUT2D eigenvalue weighted by Gasteiger charge is -2.36. The van der Waals surface area contributed by atoms with Crippen LogP contribution < -0.4 is 64.6 Å². The minimum absolute atomic E-state index is 0.0198. The molecule has 6 aromatic rings. The molecule has 0 bridgehead atoms. The maximum absolute atomic E-state index is 15.9. The van der Waals surface area contributed by atoms with E-state index in [9.17, 15) is 68.1 Å². The van der Waals surface area contributed by atoms with Gasteiger partial charge in [0.2, 0.25) is 94.5 Å². The van der Waals surface area contributed by atoms with Crippen LogP contribution in [0, 0.1) is 11.8 Å². The first-order chi connectivity index (χ1) is 65.5. The van der Waals surface area contributed by atoms with Crippen molar-refractivity contribution in [3.05, 3.63) is 120 Å². The number of phenolic OH excluding ortho intramolecular Hbond substituents is 1. The number of hydrogen-bond acceptors (Lipinski definition) is 22. The highest BCUT2D eigenvalue weighted by Gasteiger charge is 2.48. The van der Waals surface area contributed by atoms with Gasteiger partial charge in [0.05, 0.1) is 30.7 Å². The number of carbonyl (C=O) groups excluding carboxylic acids is 16. The zero-order chi connectivity index (χ0) is 99.4. The molecule has 1 aliphatic carbocycles. The average Bonchev–Trinajstić information content (AvgIpc) is 1.66. The maximum Gasteiger partial charge on any atom is 0.305 e. The number of amides is 16. The van der Waals surface area contributed by atoms with E-state index in [4.69, 9.17) is 11.5 Å². The van der Waals surface area contributed by atoms with Gasteiger partial charge in [0, 0.05) is 112 Å². The molecule has 4 aliphatic rings. The monoisotopic (exact) mass is 1920 g/mol. The standard InChI is InChI=1S/C94H129N21O21S/c1-8-10-26-73-87(129)102-52(3)81(123)110-72(83(125)100-47-77(96)117)49-137-50-78(118)103-69(38-54-29-31-60(116)32-30-54)90(132)111(5)53(4)82(124)108-71(43-80(121)122)93(135)114-37-19-28-74(114)88(130)107-68(42-59-46-97-51-101-59)86(128)105-66(33-34-79(119)120)92(134)115-48-58(55-20-13-12-14-21-55)41-76(115)89(131)106-67(39-56-44-98-63-24-17-15-22-61(56)63)85(127)104-65(35-36-95)84(126)109-70(40-57-45-99-64-25-18-16-23-62(57)64)91(133)113(7)75(27-11-9-2)94(136)112(73)6/h15-18,22-25,29-32,44-46,51-53,55,58,65-76,98-99,116H,8-14,19-21,26-28,33-43,47-50,95H2,1-7H3,(H2,96,117)(H,97,101)(H,100,125)(H,102,129)(H,103,118)(H,104,127)(H,105,128)(H,106,131)(H,107,130)(H,108,124)(H,109,126)(H,110,123)(H,119,120)(H,121,122)/t52-,53-,58+,65-,66-,67-,68-,69-,70-,71-,72-,73-,74-,75-,76-/m0/s1. The second-order valence-electron chi connectivity index (χ2n) is 35.8. The van der Waals surface area contributed by atoms with E-state index in [0.29, 0.717) is 64.2 Å². The van der Waals surface area contributed by atoms with Crippen LogP contribution >= 0.6 is 11.8 Å². The van der Waals surface area contributed by atoms with Crippen LogP contribution in [0.3, 0.4) is 0 Å². The Balaban J connectivity index is 1.03. The summed E-state index contributed by atoms with van der Waals surface area (Å²) in [4.78, 5) is 283. The molecule has 3 saturated heterocycles. The Kier molecular flexibility index (Phi) is 38.8. The largest absolute Gasteiger partial charge is 0.508 e. The summed E-state index contributed by atoms with van der Waals surface area (Å²) in [7, 11) is 3.96. The van der Waals surface area contributed by atoms with Gasteiger partial charge in [0.25, 0.3) is 0 Å². The van der Waals surface area contributed by atoms with Crippen molar-refractivity contribution >= 4 is 140 Å². The summed E-state index contributed by atoms with van der Waals surface area (Å²) in [5.41, 5.74) is 14.7. The number of nitrogens with two attached hydrogens (primary N) is 2. The van der Waals surface area contributed by atoms with E-state index in [1.54, 1.807) is 48.8 Å². The number of unbranched alkanes of at least 4 members (excludes halogenated alkanes) is 2. The number of fused-ring (bicyclic) bond motifs is 4. The average molecular weight is 1920 g/mol. The Morgan fingerprint density at radius 3 is 1.67 bits per heavy atom. The number of phenols is 1. The van der Waals surface area contributed by atoms with E-state index in [-0.39, 0.29) is 107 Å². The number of aromatic nitrogens is 4. The summed E-state index contributed by atoms with van der Waals surface area (Å²) in [6, 6.07) is -1.67. The summed E-state index contributed by atoms with van der Waals surface area (Å²) in [5, 5.41) is 58.8. The first kappa shape index (κ1) is 106. The quantitative estimate of drug-likeness (QED) is 0.0370. The van der Waals surface area contributed by atoms with Crippen LogP contribution in [0.1, 0.15) is 166 Å². The number of benzene rings is 3. The molecule has 3 aromatic carbocycles. The fourth-order valence-electron chi connectivity index (χ4n) is 18.2. The topological polar surface area (TPSA) is 617 Å². The first-order valence-corrected chi connectivity index (χ1v) is 47.9. The predicted octanol–water partition coefficient (Wildman–Crippen LogP) is 0.438. The Bertz CT molecular complexity index is 5300. The van der Waals surface area contributed by atoms with Crippen LogP contribution in [0.5, 0.6) is 5.75 Å². The van der Waals surface area contributed by atoms with Gasteiger partial charge in [-0.1, -0.05) is 120 Å². The number of aromatic hydroxyl groups is 1. The molecule has 16 amide bonds. The number of primary amides is 1. The third kappa shape index (κ3) is 28.8. The molecule has 42 nitrogen and oxygen atoms in total. The molecular weight excluding hydrogens is 1790 g/mol. The predicted molar refractivity (Wildman–Crippen MR) is 503 cm³/mol. The van der Waals surface area contributed by atoms with E-state index in [2.05, 4.69) is 73.1 Å². The van der Waals surface area contributed by atoms with Gasteiger partial charge in [-0.15, -0.1) is 11.8 Å². The van der Waals surface area contributed by atoms with Gasteiger partial charge in [0.15, 0.2) is 0 Å². The minimum atomic E-state index is -1.92. The van der Waals surface area contributed by atoms with Crippen molar-refractivity contribution in [3.8, 4) is 5.75 Å². The summed E-state index contributed by atoms with van der Waals surface area (Å²) in [5.74, 6) is -19.1. The molecule has 10 rings (SSSR count). The second-order valence-corrected chi connectivity index (χ2v) is 36.8. The van der Waals surface area contributed by atoms with Crippen molar-refractivity contribution in [1.29, 1.82) is 0 Å². The van der Waals surface area contributed by atoms with Crippen LogP contribution in [0.25, 0.3) is 21.8 Å². The van der Waals surface area contributed by atoms with E-state index in [1.807, 2.05) is 26.0 Å². The highest BCUT2D eigenvalue weighted by atomic mass is 32.2. The van der Waals surface area contributed by atoms with Crippen LogP contribution in [0.15, 0.2) is 97.7 Å². The number of aliphatic carboxylic acids is 2. The number of carboxylic acids is 2. The van der Waals surface area contributed by atoms with Gasteiger partial charge < -0.3 is 119 Å². The lowest BCUT2D eigenvalue weighted by Crippen LogP contribution is -2.61. The Labute approximate surface area is 796 Å². The highest BCUT2D eigenvalue weighted by molar-refractivity contribution is 8.00. The smallest absolute Gasteiger partial charge is 0.305 e. The maximum atomic E-state index is 15.9. The van der Waals surface area contributed by atoms with Gasteiger partial charge in [-0.05, 0) is 118 Å². The number of nitrogens with one attached hydrogen (secondary N) is 13.